The zero-order chi connectivity index (χ0) is 11.6. The Morgan fingerprint density at radius 3 is 1.93 bits per heavy atom. The number of halogens is 3. The summed E-state index contributed by atoms with van der Waals surface area (Å²) in [7, 11) is 0. The highest BCUT2D eigenvalue weighted by atomic mass is 19.4. The van der Waals surface area contributed by atoms with Gasteiger partial charge in [0.15, 0.2) is 0 Å². The molecule has 0 aliphatic carbocycles. The summed E-state index contributed by atoms with van der Waals surface area (Å²) in [6.45, 7) is 1.38. The van der Waals surface area contributed by atoms with Crippen LogP contribution in [0.4, 0.5) is 25.1 Å². The van der Waals surface area contributed by atoms with Gasteiger partial charge >= 0.3 is 6.18 Å². The van der Waals surface area contributed by atoms with Crippen molar-refractivity contribution in [2.75, 3.05) is 11.5 Å². The van der Waals surface area contributed by atoms with Crippen molar-refractivity contribution in [3.05, 3.63) is 5.82 Å². The summed E-state index contributed by atoms with van der Waals surface area (Å²) in [5.74, 6) is -2.81. The summed E-state index contributed by atoms with van der Waals surface area (Å²) in [5, 5.41) is 0. The SMILES string of the molecule is CC[C@H](c1nc(N)nc(N)n1)C(F)(F)F. The third kappa shape index (κ3) is 2.67. The summed E-state index contributed by atoms with van der Waals surface area (Å²) >= 11 is 0. The van der Waals surface area contributed by atoms with E-state index >= 15 is 0 Å². The number of nitrogens with two attached hydrogens (primary N) is 2. The van der Waals surface area contributed by atoms with Crippen molar-refractivity contribution < 1.29 is 13.2 Å². The predicted octanol–water partition coefficient (Wildman–Crippen LogP) is 1.09. The van der Waals surface area contributed by atoms with E-state index < -0.39 is 17.9 Å². The van der Waals surface area contributed by atoms with Crippen molar-refractivity contribution in [1.29, 1.82) is 0 Å². The van der Waals surface area contributed by atoms with Gasteiger partial charge in [0, 0.05) is 0 Å². The van der Waals surface area contributed by atoms with Crippen LogP contribution in [0.2, 0.25) is 0 Å². The topological polar surface area (TPSA) is 90.7 Å². The molecule has 1 aromatic rings. The van der Waals surface area contributed by atoms with Gasteiger partial charge in [-0.1, -0.05) is 6.92 Å². The van der Waals surface area contributed by atoms with Crippen molar-refractivity contribution in [2.45, 2.75) is 25.4 Å². The molecule has 0 radical (unpaired) electrons. The lowest BCUT2D eigenvalue weighted by molar-refractivity contribution is -0.152. The summed E-state index contributed by atoms with van der Waals surface area (Å²) in [4.78, 5) is 10.3. The second kappa shape index (κ2) is 3.87. The van der Waals surface area contributed by atoms with E-state index in [0.717, 1.165) is 0 Å². The first kappa shape index (κ1) is 11.5. The number of nitrogen functional groups attached to an aromatic ring is 2. The molecule has 84 valence electrons. The molecule has 0 fully saturated rings. The van der Waals surface area contributed by atoms with Gasteiger partial charge in [-0.05, 0) is 6.42 Å². The molecular formula is C7H10F3N5. The van der Waals surface area contributed by atoms with Gasteiger partial charge in [-0.25, -0.2) is 0 Å². The molecular weight excluding hydrogens is 211 g/mol. The Morgan fingerprint density at radius 1 is 1.13 bits per heavy atom. The number of aromatic nitrogens is 3. The molecule has 0 saturated carbocycles. The van der Waals surface area contributed by atoms with Gasteiger partial charge in [-0.15, -0.1) is 0 Å². The number of hydrogen-bond acceptors (Lipinski definition) is 5. The van der Waals surface area contributed by atoms with Crippen molar-refractivity contribution >= 4 is 11.9 Å². The fourth-order valence-corrected chi connectivity index (χ4v) is 1.14. The molecule has 0 aliphatic heterocycles. The van der Waals surface area contributed by atoms with Crippen LogP contribution in [-0.4, -0.2) is 21.1 Å². The van der Waals surface area contributed by atoms with E-state index in [1.807, 2.05) is 0 Å². The Hall–Kier alpha value is -1.60. The Morgan fingerprint density at radius 2 is 1.60 bits per heavy atom. The fourth-order valence-electron chi connectivity index (χ4n) is 1.14. The molecule has 0 amide bonds. The number of rotatable bonds is 2. The average molecular weight is 221 g/mol. The molecule has 0 spiro atoms. The highest BCUT2D eigenvalue weighted by Crippen LogP contribution is 2.35. The number of alkyl halides is 3. The minimum Gasteiger partial charge on any atom is -0.368 e. The Kier molecular flexibility index (Phi) is 2.96. The maximum Gasteiger partial charge on any atom is 0.398 e. The lowest BCUT2D eigenvalue weighted by atomic mass is 10.1. The smallest absolute Gasteiger partial charge is 0.368 e. The molecule has 8 heteroatoms. The van der Waals surface area contributed by atoms with E-state index in [4.69, 9.17) is 11.5 Å². The van der Waals surface area contributed by atoms with Crippen molar-refractivity contribution in [2.24, 2.45) is 0 Å². The largest absolute Gasteiger partial charge is 0.398 e. The first-order valence-corrected chi connectivity index (χ1v) is 4.18. The zero-order valence-corrected chi connectivity index (χ0v) is 7.91. The second-order valence-corrected chi connectivity index (χ2v) is 2.91. The molecule has 0 bridgehead atoms. The predicted molar refractivity (Wildman–Crippen MR) is 47.7 cm³/mol. The first-order chi connectivity index (χ1) is 6.84. The van der Waals surface area contributed by atoms with Crippen molar-refractivity contribution in [1.82, 2.24) is 15.0 Å². The van der Waals surface area contributed by atoms with Gasteiger partial charge in [0.1, 0.15) is 11.7 Å². The molecule has 1 aromatic heterocycles. The number of anilines is 2. The van der Waals surface area contributed by atoms with Crippen LogP contribution in [0.15, 0.2) is 0 Å². The van der Waals surface area contributed by atoms with Crippen LogP contribution in [0.25, 0.3) is 0 Å². The van der Waals surface area contributed by atoms with Crippen LogP contribution < -0.4 is 11.5 Å². The Labute approximate surface area is 83.7 Å². The molecule has 1 rings (SSSR count). The standard InChI is InChI=1S/C7H10F3N5/c1-2-3(7(8,9)10)4-13-5(11)15-6(12)14-4/h3H,2H2,1H3,(H4,11,12,13,14,15)/t3-/m1/s1. The van der Waals surface area contributed by atoms with Crippen molar-refractivity contribution in [3.8, 4) is 0 Å². The van der Waals surface area contributed by atoms with E-state index in [1.165, 1.54) is 6.92 Å². The monoisotopic (exact) mass is 221 g/mol. The Bertz CT molecular complexity index is 331. The summed E-state index contributed by atoms with van der Waals surface area (Å²) in [5.41, 5.74) is 10.4. The molecule has 0 aromatic carbocycles. The summed E-state index contributed by atoms with van der Waals surface area (Å²) < 4.78 is 37.5. The van der Waals surface area contributed by atoms with Crippen molar-refractivity contribution in [3.63, 3.8) is 0 Å². The number of hydrogen-bond donors (Lipinski definition) is 2. The van der Waals surface area contributed by atoms with E-state index in [1.54, 1.807) is 0 Å². The van der Waals surface area contributed by atoms with E-state index in [9.17, 15) is 13.2 Å². The molecule has 5 nitrogen and oxygen atoms in total. The molecule has 0 aliphatic rings. The maximum atomic E-state index is 12.5. The fraction of sp³-hybridized carbons (Fsp3) is 0.571. The van der Waals surface area contributed by atoms with Gasteiger partial charge in [0.2, 0.25) is 11.9 Å². The van der Waals surface area contributed by atoms with Gasteiger partial charge in [-0.2, -0.15) is 28.1 Å². The normalized spacial score (nSPS) is 13.9. The lowest BCUT2D eigenvalue weighted by Gasteiger charge is -2.16. The van der Waals surface area contributed by atoms with Gasteiger partial charge < -0.3 is 11.5 Å². The third-order valence-electron chi connectivity index (χ3n) is 1.80. The van der Waals surface area contributed by atoms with Crippen LogP contribution in [0.5, 0.6) is 0 Å². The van der Waals surface area contributed by atoms with Crippen LogP contribution in [0.1, 0.15) is 25.1 Å². The minimum absolute atomic E-state index is 0.174. The van der Waals surface area contributed by atoms with Crippen LogP contribution in [0, 0.1) is 0 Å². The van der Waals surface area contributed by atoms with E-state index in [2.05, 4.69) is 15.0 Å². The van der Waals surface area contributed by atoms with E-state index in [0.29, 0.717) is 0 Å². The maximum absolute atomic E-state index is 12.5. The number of nitrogens with zero attached hydrogens (tertiary/aromatic N) is 3. The highest BCUT2D eigenvalue weighted by Gasteiger charge is 2.41. The molecule has 0 saturated heterocycles. The Balaban J connectivity index is 3.13. The van der Waals surface area contributed by atoms with Crippen LogP contribution >= 0.6 is 0 Å². The first-order valence-electron chi connectivity index (χ1n) is 4.18. The second-order valence-electron chi connectivity index (χ2n) is 2.91. The lowest BCUT2D eigenvalue weighted by Crippen LogP contribution is -2.23. The van der Waals surface area contributed by atoms with E-state index in [-0.39, 0.29) is 18.3 Å². The highest BCUT2D eigenvalue weighted by molar-refractivity contribution is 5.27. The van der Waals surface area contributed by atoms with Crippen LogP contribution in [0.3, 0.4) is 0 Å². The quantitative estimate of drug-likeness (QED) is 0.780. The molecule has 15 heavy (non-hydrogen) atoms. The average Bonchev–Trinajstić information content (AvgIpc) is 1.99. The van der Waals surface area contributed by atoms with Gasteiger partial charge in [-0.3, -0.25) is 0 Å². The summed E-state index contributed by atoms with van der Waals surface area (Å²) in [6.07, 6.45) is -4.58. The third-order valence-corrected chi connectivity index (χ3v) is 1.80. The zero-order valence-electron chi connectivity index (χ0n) is 7.91. The summed E-state index contributed by atoms with van der Waals surface area (Å²) in [6, 6.07) is 0. The molecule has 4 N–H and O–H groups in total. The van der Waals surface area contributed by atoms with Crippen LogP contribution in [-0.2, 0) is 0 Å². The minimum atomic E-state index is -4.41. The molecule has 1 atom stereocenters. The van der Waals surface area contributed by atoms with Gasteiger partial charge in [0.25, 0.3) is 0 Å². The molecule has 0 unspecified atom stereocenters. The molecule has 1 heterocycles. The van der Waals surface area contributed by atoms with Gasteiger partial charge in [0.05, 0.1) is 0 Å².